The average molecular weight is 244 g/mol. The number of nitrogens with zero attached hydrogens (tertiary/aromatic N) is 2. The van der Waals surface area contributed by atoms with Crippen LogP contribution < -0.4 is 4.74 Å². The molecule has 0 aliphatic heterocycles. The van der Waals surface area contributed by atoms with Crippen LogP contribution in [0.1, 0.15) is 30.0 Å². The molecule has 2 aromatic rings. The number of carbonyl (C=O) groups excluding carboxylic acids is 1. The van der Waals surface area contributed by atoms with E-state index in [9.17, 15) is 4.79 Å². The Morgan fingerprint density at radius 2 is 2.06 bits per heavy atom. The first-order valence-corrected chi connectivity index (χ1v) is 5.87. The van der Waals surface area contributed by atoms with E-state index in [-0.39, 0.29) is 11.9 Å². The van der Waals surface area contributed by atoms with E-state index in [4.69, 9.17) is 4.74 Å². The van der Waals surface area contributed by atoms with Crippen molar-refractivity contribution in [2.45, 2.75) is 20.0 Å². The molecule has 0 saturated heterocycles. The third-order valence-electron chi connectivity index (χ3n) is 2.52. The number of rotatable bonds is 4. The van der Waals surface area contributed by atoms with Gasteiger partial charge in [-0.15, -0.1) is 0 Å². The summed E-state index contributed by atoms with van der Waals surface area (Å²) >= 11 is 0. The lowest BCUT2D eigenvalue weighted by molar-refractivity contribution is 0.102. The van der Waals surface area contributed by atoms with E-state index in [1.165, 1.54) is 0 Å². The van der Waals surface area contributed by atoms with Gasteiger partial charge in [-0.1, -0.05) is 12.1 Å². The van der Waals surface area contributed by atoms with Crippen LogP contribution >= 0.6 is 0 Å². The lowest BCUT2D eigenvalue weighted by Gasteiger charge is -2.13. The van der Waals surface area contributed by atoms with Gasteiger partial charge in [0, 0.05) is 19.4 Å². The number of ketones is 1. The molecule has 0 saturated carbocycles. The number of aryl methyl sites for hydroxylation is 1. The fourth-order valence-corrected chi connectivity index (χ4v) is 1.72. The van der Waals surface area contributed by atoms with Gasteiger partial charge in [-0.2, -0.15) is 0 Å². The van der Waals surface area contributed by atoms with Gasteiger partial charge in [-0.25, -0.2) is 4.98 Å². The number of carbonyl (C=O) groups is 1. The van der Waals surface area contributed by atoms with Crippen LogP contribution in [-0.4, -0.2) is 21.4 Å². The van der Waals surface area contributed by atoms with Crippen LogP contribution in [0.15, 0.2) is 36.7 Å². The van der Waals surface area contributed by atoms with Crippen LogP contribution in [0.3, 0.4) is 0 Å². The monoisotopic (exact) mass is 244 g/mol. The molecule has 0 unspecified atom stereocenters. The second kappa shape index (κ2) is 5.04. The highest BCUT2D eigenvalue weighted by atomic mass is 16.5. The summed E-state index contributed by atoms with van der Waals surface area (Å²) < 4.78 is 7.35. The van der Waals surface area contributed by atoms with E-state index in [0.717, 1.165) is 0 Å². The van der Waals surface area contributed by atoms with Crippen LogP contribution in [-0.2, 0) is 7.05 Å². The van der Waals surface area contributed by atoms with Gasteiger partial charge in [-0.3, -0.25) is 4.79 Å². The summed E-state index contributed by atoms with van der Waals surface area (Å²) in [5, 5.41) is 0. The fourth-order valence-electron chi connectivity index (χ4n) is 1.72. The lowest BCUT2D eigenvalue weighted by Crippen LogP contribution is -2.13. The molecule has 1 aromatic heterocycles. The molecular weight excluding hydrogens is 228 g/mol. The van der Waals surface area contributed by atoms with Gasteiger partial charge >= 0.3 is 0 Å². The highest BCUT2D eigenvalue weighted by Crippen LogP contribution is 2.21. The Hall–Kier alpha value is -2.10. The molecular formula is C14H16N2O2. The van der Waals surface area contributed by atoms with E-state index in [1.54, 1.807) is 36.1 Å². The van der Waals surface area contributed by atoms with Crippen molar-refractivity contribution in [3.05, 3.63) is 48.0 Å². The number of ether oxygens (including phenoxy) is 1. The van der Waals surface area contributed by atoms with Gasteiger partial charge in [0.15, 0.2) is 5.82 Å². The zero-order valence-corrected chi connectivity index (χ0v) is 10.8. The first-order valence-electron chi connectivity index (χ1n) is 5.87. The molecule has 0 bridgehead atoms. The van der Waals surface area contributed by atoms with Gasteiger partial charge in [0.2, 0.25) is 5.78 Å². The maximum atomic E-state index is 12.4. The minimum Gasteiger partial charge on any atom is -0.490 e. The number of hydrogen-bond donors (Lipinski definition) is 0. The maximum Gasteiger partial charge on any atom is 0.232 e. The Bertz CT molecular complexity index is 558. The molecule has 18 heavy (non-hydrogen) atoms. The molecule has 94 valence electrons. The molecule has 0 N–H and O–H groups in total. The van der Waals surface area contributed by atoms with Gasteiger partial charge in [0.05, 0.1) is 11.7 Å². The number of aromatic nitrogens is 2. The quantitative estimate of drug-likeness (QED) is 0.776. The molecule has 0 radical (unpaired) electrons. The minimum atomic E-state index is -0.126. The van der Waals surface area contributed by atoms with E-state index in [2.05, 4.69) is 4.98 Å². The molecule has 2 rings (SSSR count). The topological polar surface area (TPSA) is 44.1 Å². The first kappa shape index (κ1) is 12.4. The summed E-state index contributed by atoms with van der Waals surface area (Å²) in [6, 6.07) is 7.24. The van der Waals surface area contributed by atoms with Crippen molar-refractivity contribution in [3.8, 4) is 5.75 Å². The van der Waals surface area contributed by atoms with Crippen molar-refractivity contribution >= 4 is 5.78 Å². The molecule has 1 heterocycles. The molecule has 0 fully saturated rings. The SMILES string of the molecule is CC(C)Oc1ccccc1C(=O)c1nccn1C. The number of benzene rings is 1. The highest BCUT2D eigenvalue weighted by molar-refractivity contribution is 6.08. The molecule has 4 nitrogen and oxygen atoms in total. The Kier molecular flexibility index (Phi) is 3.46. The molecule has 0 spiro atoms. The van der Waals surface area contributed by atoms with E-state index < -0.39 is 0 Å². The molecule has 0 atom stereocenters. The summed E-state index contributed by atoms with van der Waals surface area (Å²) in [7, 11) is 1.80. The Labute approximate surface area is 106 Å². The van der Waals surface area contributed by atoms with Gasteiger partial charge in [0.25, 0.3) is 0 Å². The minimum absolute atomic E-state index is 0.0281. The van der Waals surface area contributed by atoms with Crippen molar-refractivity contribution in [1.82, 2.24) is 9.55 Å². The van der Waals surface area contributed by atoms with E-state index >= 15 is 0 Å². The molecule has 0 aliphatic rings. The maximum absolute atomic E-state index is 12.4. The number of imidazole rings is 1. The van der Waals surface area contributed by atoms with Gasteiger partial charge in [0.1, 0.15) is 5.75 Å². The Morgan fingerprint density at radius 1 is 1.33 bits per heavy atom. The third-order valence-corrected chi connectivity index (χ3v) is 2.52. The highest BCUT2D eigenvalue weighted by Gasteiger charge is 2.18. The molecule has 1 aromatic carbocycles. The van der Waals surface area contributed by atoms with Crippen molar-refractivity contribution in [1.29, 1.82) is 0 Å². The van der Waals surface area contributed by atoms with Crippen LogP contribution in [0, 0.1) is 0 Å². The predicted molar refractivity (Wildman–Crippen MR) is 68.8 cm³/mol. The summed E-state index contributed by atoms with van der Waals surface area (Å²) in [5.41, 5.74) is 0.542. The second-order valence-electron chi connectivity index (χ2n) is 4.35. The Balaban J connectivity index is 2.39. The van der Waals surface area contributed by atoms with Gasteiger partial charge in [-0.05, 0) is 26.0 Å². The number of hydrogen-bond acceptors (Lipinski definition) is 3. The van der Waals surface area contributed by atoms with Crippen molar-refractivity contribution in [3.63, 3.8) is 0 Å². The summed E-state index contributed by atoms with van der Waals surface area (Å²) in [4.78, 5) is 16.4. The number of para-hydroxylation sites is 1. The van der Waals surface area contributed by atoms with E-state index in [0.29, 0.717) is 17.1 Å². The largest absolute Gasteiger partial charge is 0.490 e. The van der Waals surface area contributed by atoms with E-state index in [1.807, 2.05) is 26.0 Å². The van der Waals surface area contributed by atoms with Crippen LogP contribution in [0.2, 0.25) is 0 Å². The Morgan fingerprint density at radius 3 is 2.67 bits per heavy atom. The summed E-state index contributed by atoms with van der Waals surface area (Å²) in [5.74, 6) is 0.883. The van der Waals surface area contributed by atoms with Crippen molar-refractivity contribution < 1.29 is 9.53 Å². The average Bonchev–Trinajstić information content (AvgIpc) is 2.74. The smallest absolute Gasteiger partial charge is 0.232 e. The zero-order valence-electron chi connectivity index (χ0n) is 10.8. The van der Waals surface area contributed by atoms with Crippen LogP contribution in [0.25, 0.3) is 0 Å². The molecule has 0 amide bonds. The summed E-state index contributed by atoms with van der Waals surface area (Å²) in [6.45, 7) is 3.87. The normalized spacial score (nSPS) is 10.7. The van der Waals surface area contributed by atoms with Crippen molar-refractivity contribution in [2.24, 2.45) is 7.05 Å². The lowest BCUT2D eigenvalue weighted by atomic mass is 10.1. The first-order chi connectivity index (χ1) is 8.59. The third kappa shape index (κ3) is 2.42. The zero-order chi connectivity index (χ0) is 13.1. The van der Waals surface area contributed by atoms with Crippen molar-refractivity contribution in [2.75, 3.05) is 0 Å². The predicted octanol–water partition coefficient (Wildman–Crippen LogP) is 2.44. The fraction of sp³-hybridized carbons (Fsp3) is 0.286. The van der Waals surface area contributed by atoms with Gasteiger partial charge < -0.3 is 9.30 Å². The van der Waals surface area contributed by atoms with Crippen LogP contribution in [0.5, 0.6) is 5.75 Å². The summed E-state index contributed by atoms with van der Waals surface area (Å²) in [6.07, 6.45) is 3.39. The van der Waals surface area contributed by atoms with Crippen LogP contribution in [0.4, 0.5) is 0 Å². The second-order valence-corrected chi connectivity index (χ2v) is 4.35. The molecule has 4 heteroatoms. The standard InChI is InChI=1S/C14H16N2O2/c1-10(2)18-12-7-5-4-6-11(12)13(17)14-15-8-9-16(14)3/h4-10H,1-3H3. The molecule has 0 aliphatic carbocycles.